The van der Waals surface area contributed by atoms with E-state index in [-0.39, 0.29) is 0 Å². The number of thioether (sulfide) groups is 1. The number of hydrogen-bond donors (Lipinski definition) is 1. The summed E-state index contributed by atoms with van der Waals surface area (Å²) >= 11 is 8.14. The molecule has 102 valence electrons. The molecule has 1 unspecified atom stereocenters. The molecule has 2 nitrogen and oxygen atoms in total. The average molecular weight is 295 g/mol. The lowest BCUT2D eigenvalue weighted by atomic mass is 10.1. The summed E-state index contributed by atoms with van der Waals surface area (Å²) in [4.78, 5) is 4.49. The molecule has 4 heteroatoms. The van der Waals surface area contributed by atoms with Crippen molar-refractivity contribution in [3.8, 4) is 0 Å². The predicted molar refractivity (Wildman–Crippen MR) is 85.9 cm³/mol. The third-order valence-corrected chi connectivity index (χ3v) is 4.71. The predicted octanol–water partition coefficient (Wildman–Crippen LogP) is 4.17. The second kappa shape index (κ2) is 6.60. The second-order valence-corrected chi connectivity index (χ2v) is 6.62. The Morgan fingerprint density at radius 2 is 2.16 bits per heavy atom. The van der Waals surface area contributed by atoms with Gasteiger partial charge in [0.15, 0.2) is 0 Å². The van der Waals surface area contributed by atoms with E-state index in [4.69, 9.17) is 17.3 Å². The lowest BCUT2D eigenvalue weighted by Gasteiger charge is -2.11. The summed E-state index contributed by atoms with van der Waals surface area (Å²) in [6.07, 6.45) is 1.03. The molecule has 0 saturated heterocycles. The third-order valence-electron chi connectivity index (χ3n) is 3.10. The number of fused-ring (bicyclic) bond motifs is 1. The van der Waals surface area contributed by atoms with Gasteiger partial charge in [-0.25, -0.2) is 4.98 Å². The molecule has 0 bridgehead atoms. The van der Waals surface area contributed by atoms with E-state index in [0.717, 1.165) is 35.2 Å². The van der Waals surface area contributed by atoms with Gasteiger partial charge < -0.3 is 5.73 Å². The van der Waals surface area contributed by atoms with Gasteiger partial charge >= 0.3 is 0 Å². The maximum absolute atomic E-state index is 6.27. The zero-order chi connectivity index (χ0) is 13.8. The summed E-state index contributed by atoms with van der Waals surface area (Å²) in [5.74, 6) is 0.886. The van der Waals surface area contributed by atoms with Gasteiger partial charge in [-0.15, -0.1) is 0 Å². The van der Waals surface area contributed by atoms with E-state index in [1.54, 1.807) is 0 Å². The number of rotatable bonds is 5. The molecule has 0 radical (unpaired) electrons. The summed E-state index contributed by atoms with van der Waals surface area (Å²) in [7, 11) is 0. The van der Waals surface area contributed by atoms with Crippen LogP contribution in [0.2, 0.25) is 5.15 Å². The second-order valence-electron chi connectivity index (χ2n) is 4.83. The standard InChI is InChI=1S/C15H19ClN2S/c1-10-3-4-12-8-13(9-19-11(2)5-6-17)15(16)18-14(12)7-10/h3-4,7-8,11H,5-6,9,17H2,1-2H3. The molecule has 0 fully saturated rings. The van der Waals surface area contributed by atoms with Crippen molar-refractivity contribution in [2.45, 2.75) is 31.3 Å². The van der Waals surface area contributed by atoms with Crippen LogP contribution in [0.4, 0.5) is 0 Å². The van der Waals surface area contributed by atoms with Crippen LogP contribution in [-0.4, -0.2) is 16.8 Å². The first kappa shape index (κ1) is 14.6. The minimum absolute atomic E-state index is 0.551. The number of aryl methyl sites for hydroxylation is 1. The van der Waals surface area contributed by atoms with Crippen molar-refractivity contribution in [2.75, 3.05) is 6.54 Å². The molecule has 2 aromatic rings. The van der Waals surface area contributed by atoms with Crippen molar-refractivity contribution in [3.05, 3.63) is 40.5 Å². The number of benzene rings is 1. The van der Waals surface area contributed by atoms with Crippen molar-refractivity contribution in [3.63, 3.8) is 0 Å². The van der Waals surface area contributed by atoms with Gasteiger partial charge in [0, 0.05) is 22.0 Å². The molecule has 2 rings (SSSR count). The molecular formula is C15H19ClN2S. The van der Waals surface area contributed by atoms with Gasteiger partial charge in [-0.3, -0.25) is 0 Å². The van der Waals surface area contributed by atoms with E-state index >= 15 is 0 Å². The van der Waals surface area contributed by atoms with Crippen molar-refractivity contribution in [1.82, 2.24) is 4.98 Å². The van der Waals surface area contributed by atoms with Gasteiger partial charge in [-0.05, 0) is 37.6 Å². The van der Waals surface area contributed by atoms with Crippen LogP contribution in [0.5, 0.6) is 0 Å². The molecule has 0 saturated carbocycles. The molecule has 1 aromatic carbocycles. The molecular weight excluding hydrogens is 276 g/mol. The molecule has 0 aliphatic heterocycles. The quantitative estimate of drug-likeness (QED) is 0.841. The van der Waals surface area contributed by atoms with E-state index < -0.39 is 0 Å². The maximum Gasteiger partial charge on any atom is 0.133 e. The van der Waals surface area contributed by atoms with E-state index in [2.05, 4.69) is 43.1 Å². The molecule has 1 heterocycles. The van der Waals surface area contributed by atoms with E-state index in [1.807, 2.05) is 11.8 Å². The van der Waals surface area contributed by atoms with Crippen molar-refractivity contribution in [2.24, 2.45) is 5.73 Å². The van der Waals surface area contributed by atoms with Gasteiger partial charge in [0.25, 0.3) is 0 Å². The minimum Gasteiger partial charge on any atom is -0.330 e. The van der Waals surface area contributed by atoms with Crippen LogP contribution < -0.4 is 5.73 Å². The fraction of sp³-hybridized carbons (Fsp3) is 0.400. The van der Waals surface area contributed by atoms with E-state index in [1.165, 1.54) is 5.56 Å². The lowest BCUT2D eigenvalue weighted by Crippen LogP contribution is -2.07. The lowest BCUT2D eigenvalue weighted by molar-refractivity contribution is 0.823. The van der Waals surface area contributed by atoms with Crippen LogP contribution in [0.25, 0.3) is 10.9 Å². The van der Waals surface area contributed by atoms with Gasteiger partial charge in [-0.1, -0.05) is 30.7 Å². The number of pyridine rings is 1. The largest absolute Gasteiger partial charge is 0.330 e. The van der Waals surface area contributed by atoms with Gasteiger partial charge in [-0.2, -0.15) is 11.8 Å². The third kappa shape index (κ3) is 3.85. The normalized spacial score (nSPS) is 12.8. The highest BCUT2D eigenvalue weighted by Gasteiger charge is 2.08. The Bertz CT molecular complexity index is 571. The zero-order valence-corrected chi connectivity index (χ0v) is 12.9. The molecule has 0 aliphatic carbocycles. The Hall–Kier alpha value is -0.770. The first-order valence-corrected chi connectivity index (χ1v) is 7.90. The highest BCUT2D eigenvalue weighted by atomic mass is 35.5. The minimum atomic E-state index is 0.551. The highest BCUT2D eigenvalue weighted by Crippen LogP contribution is 2.27. The topological polar surface area (TPSA) is 38.9 Å². The number of aromatic nitrogens is 1. The van der Waals surface area contributed by atoms with Crippen molar-refractivity contribution in [1.29, 1.82) is 0 Å². The first-order chi connectivity index (χ1) is 9.10. The zero-order valence-electron chi connectivity index (χ0n) is 11.3. The summed E-state index contributed by atoms with van der Waals surface area (Å²) in [6, 6.07) is 8.42. The first-order valence-electron chi connectivity index (χ1n) is 6.47. The summed E-state index contributed by atoms with van der Waals surface area (Å²) in [5, 5.41) is 2.32. The molecule has 0 spiro atoms. The Morgan fingerprint density at radius 1 is 1.37 bits per heavy atom. The average Bonchev–Trinajstić information content (AvgIpc) is 2.36. The van der Waals surface area contributed by atoms with Crippen LogP contribution in [0.1, 0.15) is 24.5 Å². The van der Waals surface area contributed by atoms with Crippen LogP contribution in [0, 0.1) is 6.92 Å². The van der Waals surface area contributed by atoms with E-state index in [0.29, 0.717) is 10.4 Å². The van der Waals surface area contributed by atoms with Gasteiger partial charge in [0.2, 0.25) is 0 Å². The van der Waals surface area contributed by atoms with Crippen LogP contribution in [-0.2, 0) is 5.75 Å². The molecule has 0 aliphatic rings. The monoisotopic (exact) mass is 294 g/mol. The fourth-order valence-electron chi connectivity index (χ4n) is 1.95. The molecule has 1 atom stereocenters. The smallest absolute Gasteiger partial charge is 0.133 e. The fourth-order valence-corrected chi connectivity index (χ4v) is 3.23. The molecule has 2 N–H and O–H groups in total. The van der Waals surface area contributed by atoms with Crippen molar-refractivity contribution >= 4 is 34.3 Å². The van der Waals surface area contributed by atoms with Crippen LogP contribution in [0.3, 0.4) is 0 Å². The van der Waals surface area contributed by atoms with Crippen LogP contribution >= 0.6 is 23.4 Å². The summed E-state index contributed by atoms with van der Waals surface area (Å²) in [6.45, 7) is 4.99. The summed E-state index contributed by atoms with van der Waals surface area (Å²) in [5.41, 5.74) is 8.84. The molecule has 1 aromatic heterocycles. The number of halogens is 1. The Labute approximate surface area is 123 Å². The molecule has 0 amide bonds. The number of nitrogens with two attached hydrogens (primary N) is 1. The van der Waals surface area contributed by atoms with Crippen molar-refractivity contribution < 1.29 is 0 Å². The Morgan fingerprint density at radius 3 is 2.89 bits per heavy atom. The van der Waals surface area contributed by atoms with E-state index in [9.17, 15) is 0 Å². The van der Waals surface area contributed by atoms with Gasteiger partial charge in [0.1, 0.15) is 5.15 Å². The SMILES string of the molecule is Cc1ccc2cc(CSC(C)CCN)c(Cl)nc2c1. The maximum atomic E-state index is 6.27. The number of nitrogens with zero attached hydrogens (tertiary/aromatic N) is 1. The summed E-state index contributed by atoms with van der Waals surface area (Å²) < 4.78 is 0. The van der Waals surface area contributed by atoms with Crippen LogP contribution in [0.15, 0.2) is 24.3 Å². The molecule has 19 heavy (non-hydrogen) atoms. The number of hydrogen-bond acceptors (Lipinski definition) is 3. The highest BCUT2D eigenvalue weighted by molar-refractivity contribution is 7.99. The van der Waals surface area contributed by atoms with Gasteiger partial charge in [0.05, 0.1) is 5.52 Å². The Kier molecular flexibility index (Phi) is 5.08. The Balaban J connectivity index is 2.19.